The molecular weight excluding hydrogens is 448 g/mol. The molecular formula is C27H24N2O6. The number of carbonyl (C=O) groups is 3. The molecule has 0 spiro atoms. The van der Waals surface area contributed by atoms with Gasteiger partial charge in [0.05, 0.1) is 32.6 Å². The number of nitrogens with one attached hydrogen (secondary N) is 1. The first kappa shape index (κ1) is 23.6. The van der Waals surface area contributed by atoms with Gasteiger partial charge in [-0.1, -0.05) is 35.9 Å². The maximum Gasteiger partial charge on any atom is 0.340 e. The van der Waals surface area contributed by atoms with Gasteiger partial charge in [0, 0.05) is 29.4 Å². The van der Waals surface area contributed by atoms with Crippen molar-refractivity contribution < 1.29 is 28.6 Å². The summed E-state index contributed by atoms with van der Waals surface area (Å²) in [5.74, 6) is -1.84. The molecule has 2 aromatic carbocycles. The number of aryl methyl sites for hydroxylation is 1. The number of benzene rings is 2. The van der Waals surface area contributed by atoms with Crippen LogP contribution in [0.15, 0.2) is 66.9 Å². The van der Waals surface area contributed by atoms with Gasteiger partial charge in [0.25, 0.3) is 11.7 Å². The van der Waals surface area contributed by atoms with Gasteiger partial charge in [-0.05, 0) is 30.7 Å². The van der Waals surface area contributed by atoms with E-state index in [4.69, 9.17) is 14.2 Å². The number of hydrogen-bond donors (Lipinski definition) is 1. The number of amides is 1. The minimum absolute atomic E-state index is 0.0186. The summed E-state index contributed by atoms with van der Waals surface area (Å²) in [7, 11) is 4.06. The normalized spacial score (nSPS) is 10.6. The predicted molar refractivity (Wildman–Crippen MR) is 131 cm³/mol. The van der Waals surface area contributed by atoms with E-state index in [1.54, 1.807) is 16.7 Å². The van der Waals surface area contributed by atoms with Crippen molar-refractivity contribution in [1.82, 2.24) is 4.40 Å². The average molecular weight is 472 g/mol. The molecule has 4 aromatic rings. The Bertz CT molecular complexity index is 1440. The van der Waals surface area contributed by atoms with Crippen molar-refractivity contribution in [2.75, 3.05) is 26.6 Å². The zero-order valence-corrected chi connectivity index (χ0v) is 19.7. The van der Waals surface area contributed by atoms with Crippen LogP contribution in [-0.2, 0) is 9.53 Å². The van der Waals surface area contributed by atoms with Gasteiger partial charge in [0.15, 0.2) is 11.5 Å². The fraction of sp³-hybridized carbons (Fsp3) is 0.148. The van der Waals surface area contributed by atoms with Gasteiger partial charge in [-0.2, -0.15) is 0 Å². The summed E-state index contributed by atoms with van der Waals surface area (Å²) in [4.78, 5) is 39.1. The largest absolute Gasteiger partial charge is 0.493 e. The molecule has 8 heteroatoms. The number of esters is 1. The number of aromatic nitrogens is 1. The van der Waals surface area contributed by atoms with Crippen LogP contribution in [0.25, 0.3) is 16.6 Å². The molecule has 0 bridgehead atoms. The maximum atomic E-state index is 13.5. The quantitative estimate of drug-likeness (QED) is 0.241. The number of Topliss-reactive ketones (excluding diaryl/α,β-unsaturated/α-hetero) is 1. The highest BCUT2D eigenvalue weighted by atomic mass is 16.5. The lowest BCUT2D eigenvalue weighted by Gasteiger charge is -2.14. The lowest BCUT2D eigenvalue weighted by Crippen LogP contribution is -2.26. The molecule has 4 rings (SSSR count). The molecule has 0 aliphatic heterocycles. The van der Waals surface area contributed by atoms with Gasteiger partial charge in [0.1, 0.15) is 5.69 Å². The monoisotopic (exact) mass is 472 g/mol. The van der Waals surface area contributed by atoms with Crippen molar-refractivity contribution in [3.8, 4) is 22.6 Å². The van der Waals surface area contributed by atoms with E-state index < -0.39 is 17.7 Å². The third-order valence-electron chi connectivity index (χ3n) is 5.64. The molecule has 2 heterocycles. The number of nitrogens with zero attached hydrogens (tertiary/aromatic N) is 1. The number of hydrogen-bond acceptors (Lipinski definition) is 6. The van der Waals surface area contributed by atoms with E-state index in [0.29, 0.717) is 5.56 Å². The number of pyridine rings is 1. The van der Waals surface area contributed by atoms with Gasteiger partial charge in [-0.3, -0.25) is 9.59 Å². The third-order valence-corrected chi connectivity index (χ3v) is 5.64. The Kier molecular flexibility index (Phi) is 6.55. The second-order valence-corrected chi connectivity index (χ2v) is 7.80. The summed E-state index contributed by atoms with van der Waals surface area (Å²) in [6.45, 7) is 1.97. The molecule has 178 valence electrons. The number of ketones is 1. The fourth-order valence-electron chi connectivity index (χ4n) is 3.86. The van der Waals surface area contributed by atoms with E-state index in [1.807, 2.05) is 49.4 Å². The van der Waals surface area contributed by atoms with Gasteiger partial charge in [0.2, 0.25) is 0 Å². The standard InChI is InChI=1S/C27H24N2O6/c1-16-8-10-17(11-9-16)19-13-18-7-5-6-12-29(18)24(19)25(30)26(31)28-21-15-23(34-3)22(33-2)14-20(21)27(32)35-4/h5-15H,1-4H3,(H,28,31). The summed E-state index contributed by atoms with van der Waals surface area (Å²) in [5.41, 5.74) is 3.55. The first-order valence-corrected chi connectivity index (χ1v) is 10.7. The molecule has 1 amide bonds. The zero-order valence-electron chi connectivity index (χ0n) is 19.7. The smallest absolute Gasteiger partial charge is 0.340 e. The highest BCUT2D eigenvalue weighted by Gasteiger charge is 2.27. The van der Waals surface area contributed by atoms with Crippen LogP contribution in [0.2, 0.25) is 0 Å². The number of methoxy groups -OCH3 is 3. The topological polar surface area (TPSA) is 95.3 Å². The van der Waals surface area contributed by atoms with Crippen LogP contribution in [0.5, 0.6) is 11.5 Å². The molecule has 0 radical (unpaired) electrons. The van der Waals surface area contributed by atoms with E-state index in [0.717, 1.165) is 16.6 Å². The van der Waals surface area contributed by atoms with Crippen LogP contribution in [0.3, 0.4) is 0 Å². The third kappa shape index (κ3) is 4.46. The van der Waals surface area contributed by atoms with E-state index in [-0.39, 0.29) is 28.4 Å². The van der Waals surface area contributed by atoms with Gasteiger partial charge in [-0.15, -0.1) is 0 Å². The van der Waals surface area contributed by atoms with E-state index in [9.17, 15) is 14.4 Å². The summed E-state index contributed by atoms with van der Waals surface area (Å²) in [6, 6.07) is 17.8. The Balaban J connectivity index is 1.78. The summed E-state index contributed by atoms with van der Waals surface area (Å²) < 4.78 is 17.0. The van der Waals surface area contributed by atoms with Crippen molar-refractivity contribution in [2.24, 2.45) is 0 Å². The van der Waals surface area contributed by atoms with E-state index >= 15 is 0 Å². The Hall–Kier alpha value is -4.59. The van der Waals surface area contributed by atoms with Crippen molar-refractivity contribution in [2.45, 2.75) is 6.92 Å². The van der Waals surface area contributed by atoms with Crippen LogP contribution >= 0.6 is 0 Å². The Morgan fingerprint density at radius 3 is 2.20 bits per heavy atom. The fourth-order valence-corrected chi connectivity index (χ4v) is 3.86. The molecule has 0 unspecified atom stereocenters. The predicted octanol–water partition coefficient (Wildman–Crippen LogP) is 4.54. The van der Waals surface area contributed by atoms with E-state index in [2.05, 4.69) is 5.32 Å². The molecule has 35 heavy (non-hydrogen) atoms. The lowest BCUT2D eigenvalue weighted by atomic mass is 10.0. The number of carbonyl (C=O) groups excluding carboxylic acids is 3. The van der Waals surface area contributed by atoms with Crippen LogP contribution in [0, 0.1) is 6.92 Å². The molecule has 0 fully saturated rings. The van der Waals surface area contributed by atoms with Crippen molar-refractivity contribution in [3.63, 3.8) is 0 Å². The minimum Gasteiger partial charge on any atom is -0.493 e. The highest BCUT2D eigenvalue weighted by molar-refractivity contribution is 6.47. The minimum atomic E-state index is -0.917. The molecule has 8 nitrogen and oxygen atoms in total. The van der Waals surface area contributed by atoms with Crippen LogP contribution in [0.1, 0.15) is 26.4 Å². The summed E-state index contributed by atoms with van der Waals surface area (Å²) >= 11 is 0. The number of ether oxygens (including phenoxy) is 3. The number of anilines is 1. The second-order valence-electron chi connectivity index (χ2n) is 7.80. The number of fused-ring (bicyclic) bond motifs is 1. The zero-order chi connectivity index (χ0) is 25.1. The maximum absolute atomic E-state index is 13.5. The molecule has 0 atom stereocenters. The average Bonchev–Trinajstić information content (AvgIpc) is 3.27. The van der Waals surface area contributed by atoms with Gasteiger partial charge < -0.3 is 23.9 Å². The molecule has 2 aromatic heterocycles. The van der Waals surface area contributed by atoms with Crippen LogP contribution in [-0.4, -0.2) is 43.4 Å². The molecule has 0 aliphatic carbocycles. The summed E-state index contributed by atoms with van der Waals surface area (Å²) in [5, 5.41) is 2.55. The molecule has 0 saturated heterocycles. The van der Waals surface area contributed by atoms with Gasteiger partial charge in [-0.25, -0.2) is 4.79 Å². The van der Waals surface area contributed by atoms with Crippen molar-refractivity contribution in [1.29, 1.82) is 0 Å². The number of rotatable bonds is 7. The first-order valence-electron chi connectivity index (χ1n) is 10.7. The Labute approximate surface area is 202 Å². The molecule has 0 saturated carbocycles. The molecule has 1 N–H and O–H groups in total. The second kappa shape index (κ2) is 9.72. The first-order chi connectivity index (χ1) is 16.9. The van der Waals surface area contributed by atoms with Crippen molar-refractivity contribution >= 4 is 28.9 Å². The van der Waals surface area contributed by atoms with Crippen molar-refractivity contribution in [3.05, 3.63) is 83.7 Å². The molecule has 0 aliphatic rings. The summed E-state index contributed by atoms with van der Waals surface area (Å²) in [6.07, 6.45) is 1.73. The highest BCUT2D eigenvalue weighted by Crippen LogP contribution is 2.34. The Morgan fingerprint density at radius 2 is 1.54 bits per heavy atom. The lowest BCUT2D eigenvalue weighted by molar-refractivity contribution is -0.112. The van der Waals surface area contributed by atoms with E-state index in [1.165, 1.54) is 33.5 Å². The Morgan fingerprint density at radius 1 is 0.857 bits per heavy atom. The SMILES string of the molecule is COC(=O)c1cc(OC)c(OC)cc1NC(=O)C(=O)c1c(-c2ccc(C)cc2)cc2ccccn12. The van der Waals surface area contributed by atoms with Crippen LogP contribution < -0.4 is 14.8 Å². The van der Waals surface area contributed by atoms with Crippen LogP contribution in [0.4, 0.5) is 5.69 Å². The van der Waals surface area contributed by atoms with Gasteiger partial charge >= 0.3 is 5.97 Å².